The minimum absolute atomic E-state index is 0.177. The van der Waals surface area contributed by atoms with Crippen molar-refractivity contribution in [2.45, 2.75) is 19.3 Å². The van der Waals surface area contributed by atoms with E-state index in [0.29, 0.717) is 0 Å². The molecule has 1 aliphatic heterocycles. The van der Waals surface area contributed by atoms with Gasteiger partial charge in [0, 0.05) is 39.4 Å². The van der Waals surface area contributed by atoms with Crippen molar-refractivity contribution in [1.82, 2.24) is 9.55 Å². The molecule has 7 aromatic carbocycles. The number of nitrogens with zero attached hydrogens (tertiary/aromatic N) is 3. The average molecular weight is 680 g/mol. The van der Waals surface area contributed by atoms with Crippen molar-refractivity contribution in [3.05, 3.63) is 199 Å². The topological polar surface area (TPSA) is 21.1 Å². The fraction of sp³-hybridized carbons (Fsp3) is 0.0600. The summed E-state index contributed by atoms with van der Waals surface area (Å²) in [5, 5.41) is 2.42. The van der Waals surface area contributed by atoms with Crippen LogP contribution in [0.5, 0.6) is 0 Å². The smallest absolute Gasteiger partial charge is 0.145 e. The Morgan fingerprint density at radius 1 is 0.434 bits per heavy atom. The Kier molecular flexibility index (Phi) is 7.16. The number of benzene rings is 7. The van der Waals surface area contributed by atoms with Crippen LogP contribution in [0.25, 0.3) is 61.0 Å². The molecule has 0 amide bonds. The van der Waals surface area contributed by atoms with Gasteiger partial charge in [-0.05, 0) is 111 Å². The number of fused-ring (bicyclic) bond motifs is 5. The minimum atomic E-state index is -0.177. The van der Waals surface area contributed by atoms with E-state index in [1.54, 1.807) is 0 Å². The molecule has 0 spiro atoms. The van der Waals surface area contributed by atoms with Gasteiger partial charge >= 0.3 is 0 Å². The zero-order valence-electron chi connectivity index (χ0n) is 29.7. The van der Waals surface area contributed by atoms with Gasteiger partial charge < -0.3 is 4.90 Å². The lowest BCUT2D eigenvalue weighted by Crippen LogP contribution is -2.26. The lowest BCUT2D eigenvalue weighted by atomic mass is 9.74. The highest BCUT2D eigenvalue weighted by molar-refractivity contribution is 6.11. The van der Waals surface area contributed by atoms with E-state index in [9.17, 15) is 0 Å². The summed E-state index contributed by atoms with van der Waals surface area (Å²) in [6, 6.07) is 65.8. The Morgan fingerprint density at radius 3 is 1.49 bits per heavy atom. The molecule has 9 aromatic rings. The molecule has 0 saturated heterocycles. The van der Waals surface area contributed by atoms with Crippen LogP contribution < -0.4 is 4.90 Å². The van der Waals surface area contributed by atoms with E-state index >= 15 is 0 Å². The normalized spacial score (nSPS) is 12.9. The predicted octanol–water partition coefficient (Wildman–Crippen LogP) is 13.3. The van der Waals surface area contributed by atoms with E-state index in [1.807, 2.05) is 6.20 Å². The van der Waals surface area contributed by atoms with Crippen LogP contribution in [0.15, 0.2) is 188 Å². The fourth-order valence-corrected chi connectivity index (χ4v) is 8.31. The average Bonchev–Trinajstić information content (AvgIpc) is 3.56. The Morgan fingerprint density at radius 2 is 0.925 bits per heavy atom. The van der Waals surface area contributed by atoms with Crippen molar-refractivity contribution in [3.63, 3.8) is 0 Å². The molecule has 0 fully saturated rings. The van der Waals surface area contributed by atoms with Gasteiger partial charge in [0.2, 0.25) is 0 Å². The summed E-state index contributed by atoms with van der Waals surface area (Å²) in [4.78, 5) is 7.25. The van der Waals surface area contributed by atoms with Crippen LogP contribution in [0.3, 0.4) is 0 Å². The predicted molar refractivity (Wildman–Crippen MR) is 222 cm³/mol. The molecular weight excluding hydrogens is 643 g/mol. The zero-order valence-corrected chi connectivity index (χ0v) is 29.7. The standard InChI is InChI=1S/C50H37N3/c1-50(2)45-17-9-10-18-47(45)53-48-44(43-16-11-31-51-49(43)53)32-39(33-46(48)50)38-23-29-42(30-24-38)52(40-25-19-36(20-26-40)34-12-5-3-6-13-34)41-27-21-37(22-28-41)35-14-7-4-8-15-35/h3-33H,1-2H3. The third-order valence-electron chi connectivity index (χ3n) is 11.0. The lowest BCUT2D eigenvalue weighted by Gasteiger charge is -2.34. The van der Waals surface area contributed by atoms with E-state index in [-0.39, 0.29) is 5.41 Å². The molecule has 1 aliphatic rings. The summed E-state index contributed by atoms with van der Waals surface area (Å²) >= 11 is 0. The molecule has 0 saturated carbocycles. The van der Waals surface area contributed by atoms with Crippen molar-refractivity contribution < 1.29 is 0 Å². The van der Waals surface area contributed by atoms with Gasteiger partial charge in [0.05, 0.1) is 11.2 Å². The number of anilines is 3. The number of hydrogen-bond donors (Lipinski definition) is 0. The Balaban J connectivity index is 1.08. The van der Waals surface area contributed by atoms with Gasteiger partial charge in [-0.1, -0.05) is 129 Å². The first kappa shape index (κ1) is 31.1. The van der Waals surface area contributed by atoms with Crippen molar-refractivity contribution in [3.8, 4) is 39.1 Å². The molecule has 10 rings (SSSR count). The van der Waals surface area contributed by atoms with E-state index in [1.165, 1.54) is 66.5 Å². The molecule has 0 bridgehead atoms. The maximum Gasteiger partial charge on any atom is 0.145 e. The second kappa shape index (κ2) is 12.2. The van der Waals surface area contributed by atoms with Crippen LogP contribution in [0.2, 0.25) is 0 Å². The molecule has 0 aliphatic carbocycles. The summed E-state index contributed by atoms with van der Waals surface area (Å²) in [5.41, 5.74) is 16.5. The highest BCUT2D eigenvalue weighted by Gasteiger charge is 2.35. The monoisotopic (exact) mass is 679 g/mol. The van der Waals surface area contributed by atoms with Crippen LogP contribution >= 0.6 is 0 Å². The summed E-state index contributed by atoms with van der Waals surface area (Å²) < 4.78 is 2.37. The summed E-state index contributed by atoms with van der Waals surface area (Å²) in [6.45, 7) is 4.71. The molecule has 2 aromatic heterocycles. The largest absolute Gasteiger partial charge is 0.311 e. The van der Waals surface area contributed by atoms with Crippen molar-refractivity contribution in [2.75, 3.05) is 4.90 Å². The van der Waals surface area contributed by atoms with E-state index in [4.69, 9.17) is 4.98 Å². The Hall–Kier alpha value is -6.71. The summed E-state index contributed by atoms with van der Waals surface area (Å²) in [5.74, 6) is 0. The third kappa shape index (κ3) is 5.08. The molecule has 3 heterocycles. The van der Waals surface area contributed by atoms with Crippen molar-refractivity contribution >= 4 is 39.0 Å². The van der Waals surface area contributed by atoms with E-state index < -0.39 is 0 Å². The zero-order chi connectivity index (χ0) is 35.5. The number of aromatic nitrogens is 2. The van der Waals surface area contributed by atoms with E-state index in [2.05, 4.69) is 205 Å². The summed E-state index contributed by atoms with van der Waals surface area (Å²) in [6.07, 6.45) is 1.91. The lowest BCUT2D eigenvalue weighted by molar-refractivity contribution is 0.630. The molecule has 0 N–H and O–H groups in total. The molecular formula is C50H37N3. The molecule has 0 unspecified atom stereocenters. The van der Waals surface area contributed by atoms with Crippen LogP contribution in [0.4, 0.5) is 17.1 Å². The summed E-state index contributed by atoms with van der Waals surface area (Å²) in [7, 11) is 0. The van der Waals surface area contributed by atoms with Gasteiger partial charge in [0.15, 0.2) is 0 Å². The quantitative estimate of drug-likeness (QED) is 0.174. The first-order valence-electron chi connectivity index (χ1n) is 18.3. The Bertz CT molecular complexity index is 2680. The van der Waals surface area contributed by atoms with Crippen LogP contribution in [0.1, 0.15) is 25.0 Å². The first-order valence-corrected chi connectivity index (χ1v) is 18.3. The maximum absolute atomic E-state index is 4.90. The number of rotatable bonds is 6. The fourth-order valence-electron chi connectivity index (χ4n) is 8.31. The van der Waals surface area contributed by atoms with Crippen molar-refractivity contribution in [2.24, 2.45) is 0 Å². The number of hydrogen-bond acceptors (Lipinski definition) is 2. The maximum atomic E-state index is 4.90. The van der Waals surface area contributed by atoms with Gasteiger partial charge in [-0.25, -0.2) is 4.98 Å². The van der Waals surface area contributed by atoms with Gasteiger partial charge in [-0.3, -0.25) is 4.57 Å². The minimum Gasteiger partial charge on any atom is -0.311 e. The van der Waals surface area contributed by atoms with Gasteiger partial charge in [0.25, 0.3) is 0 Å². The number of para-hydroxylation sites is 1. The highest BCUT2D eigenvalue weighted by atomic mass is 15.1. The van der Waals surface area contributed by atoms with E-state index in [0.717, 1.165) is 22.7 Å². The SMILES string of the molecule is CC1(C)c2ccccc2-n2c3ncccc3c3cc(-c4ccc(N(c5ccc(-c6ccccc6)cc5)c5ccc(-c6ccccc6)cc5)cc4)cc1c32. The third-order valence-corrected chi connectivity index (χ3v) is 11.0. The molecule has 53 heavy (non-hydrogen) atoms. The van der Waals surface area contributed by atoms with Crippen LogP contribution in [0, 0.1) is 0 Å². The highest BCUT2D eigenvalue weighted by Crippen LogP contribution is 2.49. The molecule has 0 atom stereocenters. The van der Waals surface area contributed by atoms with Gasteiger partial charge in [0.1, 0.15) is 5.65 Å². The van der Waals surface area contributed by atoms with Crippen molar-refractivity contribution in [1.29, 1.82) is 0 Å². The first-order chi connectivity index (χ1) is 26.0. The van der Waals surface area contributed by atoms with Gasteiger partial charge in [-0.15, -0.1) is 0 Å². The second-order valence-corrected chi connectivity index (χ2v) is 14.5. The Labute approximate surface area is 310 Å². The van der Waals surface area contributed by atoms with Crippen LogP contribution in [-0.2, 0) is 5.41 Å². The molecule has 0 radical (unpaired) electrons. The molecule has 3 heteroatoms. The molecule has 252 valence electrons. The molecule has 3 nitrogen and oxygen atoms in total. The second-order valence-electron chi connectivity index (χ2n) is 14.5. The number of pyridine rings is 1. The van der Waals surface area contributed by atoms with Crippen LogP contribution in [-0.4, -0.2) is 9.55 Å². The van der Waals surface area contributed by atoms with Gasteiger partial charge in [-0.2, -0.15) is 0 Å².